The van der Waals surface area contributed by atoms with Gasteiger partial charge in [0.2, 0.25) is 0 Å². The third kappa shape index (κ3) is 2.86. The predicted octanol–water partition coefficient (Wildman–Crippen LogP) is 1.00. The molecule has 5 heteroatoms. The number of aliphatic hydroxyl groups is 1. The maximum Gasteiger partial charge on any atom is 0.112 e. The summed E-state index contributed by atoms with van der Waals surface area (Å²) in [5, 5.41) is 9.47. The number of ether oxygens (including phenoxy) is 1. The van der Waals surface area contributed by atoms with Crippen LogP contribution in [-0.4, -0.2) is 33.4 Å². The number of hydrogen-bond acceptors (Lipinski definition) is 4. The fraction of sp³-hybridized carbons (Fsp3) is 0.750. The van der Waals surface area contributed by atoms with Crippen LogP contribution >= 0.6 is 0 Å². The summed E-state index contributed by atoms with van der Waals surface area (Å²) in [6.45, 7) is 3.97. The van der Waals surface area contributed by atoms with Crippen molar-refractivity contribution in [3.05, 3.63) is 18.2 Å². The van der Waals surface area contributed by atoms with Crippen molar-refractivity contribution in [1.82, 2.24) is 9.55 Å². The molecule has 5 nitrogen and oxygen atoms in total. The number of nitrogens with zero attached hydrogens (tertiary/aromatic N) is 2. The molecule has 3 unspecified atom stereocenters. The molecule has 0 saturated heterocycles. The van der Waals surface area contributed by atoms with Crippen molar-refractivity contribution < 1.29 is 9.84 Å². The van der Waals surface area contributed by atoms with Gasteiger partial charge >= 0.3 is 0 Å². The van der Waals surface area contributed by atoms with Gasteiger partial charge in [-0.1, -0.05) is 0 Å². The molecule has 17 heavy (non-hydrogen) atoms. The van der Waals surface area contributed by atoms with Crippen LogP contribution in [0, 0.1) is 0 Å². The van der Waals surface area contributed by atoms with Gasteiger partial charge in [0.1, 0.15) is 6.10 Å². The number of nitrogens with two attached hydrogens (primary N) is 1. The van der Waals surface area contributed by atoms with Crippen molar-refractivity contribution in [3.63, 3.8) is 0 Å². The van der Waals surface area contributed by atoms with Crippen LogP contribution < -0.4 is 5.73 Å². The Morgan fingerprint density at radius 1 is 1.59 bits per heavy atom. The molecule has 1 aromatic heterocycles. The Hall–Kier alpha value is -0.910. The number of aromatic nitrogens is 2. The van der Waals surface area contributed by atoms with Gasteiger partial charge in [-0.2, -0.15) is 0 Å². The zero-order chi connectivity index (χ0) is 12.4. The van der Waals surface area contributed by atoms with Crippen LogP contribution in [0.2, 0.25) is 0 Å². The van der Waals surface area contributed by atoms with Crippen molar-refractivity contribution in [2.75, 3.05) is 6.54 Å². The van der Waals surface area contributed by atoms with Gasteiger partial charge in [0.05, 0.1) is 30.4 Å². The van der Waals surface area contributed by atoms with Crippen molar-refractivity contribution in [3.8, 4) is 0 Å². The predicted molar refractivity (Wildman–Crippen MR) is 64.5 cm³/mol. The summed E-state index contributed by atoms with van der Waals surface area (Å²) in [5.74, 6) is 0. The standard InChI is InChI=1S/C12H21N3O2/c1-8(16)9(2)17-12(5-13)11-6-14-7-15(11)10-3-4-10/h6-10,12,16H,3-5,13H2,1-2H3. The maximum atomic E-state index is 9.47. The van der Waals surface area contributed by atoms with Gasteiger partial charge in [-0.15, -0.1) is 0 Å². The first kappa shape index (κ1) is 12.5. The Labute approximate surface area is 102 Å². The summed E-state index contributed by atoms with van der Waals surface area (Å²) in [5.41, 5.74) is 6.77. The van der Waals surface area contributed by atoms with Crippen LogP contribution in [0.15, 0.2) is 12.5 Å². The van der Waals surface area contributed by atoms with Crippen molar-refractivity contribution in [1.29, 1.82) is 0 Å². The quantitative estimate of drug-likeness (QED) is 0.777. The van der Waals surface area contributed by atoms with E-state index in [-0.39, 0.29) is 12.2 Å². The van der Waals surface area contributed by atoms with Crippen LogP contribution in [0.1, 0.15) is 44.5 Å². The monoisotopic (exact) mass is 239 g/mol. The first-order valence-electron chi connectivity index (χ1n) is 6.18. The summed E-state index contributed by atoms with van der Waals surface area (Å²) >= 11 is 0. The summed E-state index contributed by atoms with van der Waals surface area (Å²) in [6.07, 6.45) is 5.13. The molecule has 1 fully saturated rings. The molecule has 1 aromatic rings. The molecule has 2 rings (SSSR count). The van der Waals surface area contributed by atoms with E-state index in [2.05, 4.69) is 9.55 Å². The van der Waals surface area contributed by atoms with Crippen molar-refractivity contribution >= 4 is 0 Å². The van der Waals surface area contributed by atoms with Gasteiger partial charge in [0.25, 0.3) is 0 Å². The van der Waals surface area contributed by atoms with Gasteiger partial charge in [-0.3, -0.25) is 0 Å². The highest BCUT2D eigenvalue weighted by molar-refractivity contribution is 5.08. The average Bonchev–Trinajstić information content (AvgIpc) is 3.04. The van der Waals surface area contributed by atoms with Crippen LogP contribution in [0.5, 0.6) is 0 Å². The molecule has 1 saturated carbocycles. The highest BCUT2D eigenvalue weighted by atomic mass is 16.5. The second-order valence-electron chi connectivity index (χ2n) is 4.76. The van der Waals surface area contributed by atoms with E-state index in [1.165, 1.54) is 12.8 Å². The minimum atomic E-state index is -0.499. The molecule has 0 amide bonds. The molecule has 0 bridgehead atoms. The van der Waals surface area contributed by atoms with E-state index in [0.717, 1.165) is 5.69 Å². The van der Waals surface area contributed by atoms with Crippen molar-refractivity contribution in [2.24, 2.45) is 5.73 Å². The molecule has 1 heterocycles. The molecular weight excluding hydrogens is 218 g/mol. The number of hydrogen-bond donors (Lipinski definition) is 2. The smallest absolute Gasteiger partial charge is 0.112 e. The average molecular weight is 239 g/mol. The van der Waals surface area contributed by atoms with E-state index in [1.54, 1.807) is 6.92 Å². The van der Waals surface area contributed by atoms with E-state index in [9.17, 15) is 5.11 Å². The third-order valence-corrected chi connectivity index (χ3v) is 3.24. The second kappa shape index (κ2) is 5.16. The highest BCUT2D eigenvalue weighted by Gasteiger charge is 2.28. The second-order valence-corrected chi connectivity index (χ2v) is 4.76. The molecule has 0 spiro atoms. The zero-order valence-electron chi connectivity index (χ0n) is 10.4. The lowest BCUT2D eigenvalue weighted by Crippen LogP contribution is -2.29. The maximum absolute atomic E-state index is 9.47. The topological polar surface area (TPSA) is 73.3 Å². The summed E-state index contributed by atoms with van der Waals surface area (Å²) in [7, 11) is 0. The number of rotatable bonds is 6. The lowest BCUT2D eigenvalue weighted by atomic mass is 10.2. The zero-order valence-corrected chi connectivity index (χ0v) is 10.4. The van der Waals surface area contributed by atoms with Gasteiger partial charge in [-0.05, 0) is 26.7 Å². The van der Waals surface area contributed by atoms with Gasteiger partial charge in [0, 0.05) is 12.6 Å². The normalized spacial score (nSPS) is 21.2. The van der Waals surface area contributed by atoms with Gasteiger partial charge < -0.3 is 20.1 Å². The SMILES string of the molecule is CC(O)C(C)OC(CN)c1cncn1C1CC1. The Morgan fingerprint density at radius 2 is 2.29 bits per heavy atom. The fourth-order valence-electron chi connectivity index (χ4n) is 1.84. The van der Waals surface area contributed by atoms with Crippen LogP contribution in [-0.2, 0) is 4.74 Å². The van der Waals surface area contributed by atoms with E-state index in [1.807, 2.05) is 19.4 Å². The van der Waals surface area contributed by atoms with Crippen LogP contribution in [0.25, 0.3) is 0 Å². The van der Waals surface area contributed by atoms with E-state index < -0.39 is 6.10 Å². The first-order valence-corrected chi connectivity index (χ1v) is 6.18. The number of aliphatic hydroxyl groups excluding tert-OH is 1. The van der Waals surface area contributed by atoms with Gasteiger partial charge in [-0.25, -0.2) is 4.98 Å². The minimum Gasteiger partial charge on any atom is -0.391 e. The molecule has 0 aliphatic heterocycles. The highest BCUT2D eigenvalue weighted by Crippen LogP contribution is 2.37. The summed E-state index contributed by atoms with van der Waals surface area (Å²) in [6, 6.07) is 0.562. The molecule has 96 valence electrons. The first-order chi connectivity index (χ1) is 8.13. The Bertz CT molecular complexity index is 360. The molecular formula is C12H21N3O2. The lowest BCUT2D eigenvalue weighted by Gasteiger charge is -2.24. The summed E-state index contributed by atoms with van der Waals surface area (Å²) < 4.78 is 7.93. The molecule has 3 N–H and O–H groups in total. The van der Waals surface area contributed by atoms with Crippen molar-refractivity contribution in [2.45, 2.75) is 51.0 Å². The lowest BCUT2D eigenvalue weighted by molar-refractivity contribution is -0.0616. The third-order valence-electron chi connectivity index (χ3n) is 3.24. The van der Waals surface area contributed by atoms with E-state index >= 15 is 0 Å². The van der Waals surface area contributed by atoms with Crippen LogP contribution in [0.3, 0.4) is 0 Å². The van der Waals surface area contributed by atoms with E-state index in [0.29, 0.717) is 12.6 Å². The Kier molecular flexibility index (Phi) is 3.81. The number of imidazole rings is 1. The summed E-state index contributed by atoms with van der Waals surface area (Å²) in [4.78, 5) is 4.17. The minimum absolute atomic E-state index is 0.192. The molecule has 0 aromatic carbocycles. The fourth-order valence-corrected chi connectivity index (χ4v) is 1.84. The van der Waals surface area contributed by atoms with E-state index in [4.69, 9.17) is 10.5 Å². The Balaban J connectivity index is 2.08. The molecule has 1 aliphatic rings. The van der Waals surface area contributed by atoms with Crippen LogP contribution in [0.4, 0.5) is 0 Å². The largest absolute Gasteiger partial charge is 0.391 e. The van der Waals surface area contributed by atoms with Gasteiger partial charge in [0.15, 0.2) is 0 Å². The molecule has 3 atom stereocenters. The molecule has 1 aliphatic carbocycles. The molecule has 0 radical (unpaired) electrons. The Morgan fingerprint density at radius 3 is 2.82 bits per heavy atom.